The van der Waals surface area contributed by atoms with Crippen molar-refractivity contribution >= 4 is 11.0 Å². The molecule has 0 amide bonds. The molecule has 0 aliphatic heterocycles. The maximum Gasteiger partial charge on any atom is 0.346 e. The van der Waals surface area contributed by atoms with Gasteiger partial charge in [-0.15, -0.1) is 0 Å². The van der Waals surface area contributed by atoms with Crippen LogP contribution in [0.25, 0.3) is 28.0 Å². The van der Waals surface area contributed by atoms with Gasteiger partial charge >= 0.3 is 6.01 Å². The van der Waals surface area contributed by atoms with Crippen LogP contribution >= 0.6 is 0 Å². The lowest BCUT2D eigenvalue weighted by atomic mass is 10.1. The van der Waals surface area contributed by atoms with Gasteiger partial charge in [-0.25, -0.2) is 0 Å². The first-order valence-electron chi connectivity index (χ1n) is 12.3. The molecule has 0 spiro atoms. The Balaban J connectivity index is 1.35. The Morgan fingerprint density at radius 3 is 2.45 bits per heavy atom. The van der Waals surface area contributed by atoms with Crippen LogP contribution in [0, 0.1) is 0 Å². The fourth-order valence-corrected chi connectivity index (χ4v) is 4.19. The van der Waals surface area contributed by atoms with Gasteiger partial charge in [0.2, 0.25) is 0 Å². The number of phenols is 1. The summed E-state index contributed by atoms with van der Waals surface area (Å²) < 4.78 is 24.9. The van der Waals surface area contributed by atoms with E-state index in [9.17, 15) is 9.90 Å². The summed E-state index contributed by atoms with van der Waals surface area (Å²) in [6.45, 7) is 0.289. The molecule has 2 heterocycles. The summed E-state index contributed by atoms with van der Waals surface area (Å²) in [5.41, 5.74) is 1.97. The fourth-order valence-electron chi connectivity index (χ4n) is 4.19. The van der Waals surface area contributed by atoms with Gasteiger partial charge in [-0.05, 0) is 46.3 Å². The number of methoxy groups -OCH3 is 1. The largest absolute Gasteiger partial charge is 0.507 e. The first-order chi connectivity index (χ1) is 19.6. The van der Waals surface area contributed by atoms with E-state index in [1.807, 2.05) is 60.7 Å². The molecule has 0 saturated carbocycles. The Hall–Kier alpha value is -5.64. The van der Waals surface area contributed by atoms with E-state index in [4.69, 9.17) is 18.6 Å². The molecule has 4 aromatic carbocycles. The topological polar surface area (TPSA) is 122 Å². The van der Waals surface area contributed by atoms with Gasteiger partial charge in [0.05, 0.1) is 12.8 Å². The Bertz CT molecular complexity index is 1850. The molecular formula is C30H22N4O6. The maximum atomic E-state index is 13.0. The van der Waals surface area contributed by atoms with Crippen LogP contribution in [0.2, 0.25) is 0 Å². The van der Waals surface area contributed by atoms with Crippen LogP contribution in [0.3, 0.4) is 0 Å². The first kappa shape index (κ1) is 24.7. The van der Waals surface area contributed by atoms with Gasteiger partial charge in [0.1, 0.15) is 34.8 Å². The smallest absolute Gasteiger partial charge is 0.346 e. The lowest BCUT2D eigenvalue weighted by Crippen LogP contribution is -2.03. The number of tetrazole rings is 1. The van der Waals surface area contributed by atoms with E-state index in [0.717, 1.165) is 5.56 Å². The molecule has 0 aliphatic rings. The van der Waals surface area contributed by atoms with E-state index < -0.39 is 5.43 Å². The van der Waals surface area contributed by atoms with Crippen molar-refractivity contribution in [2.45, 2.75) is 6.61 Å². The second-order valence-corrected chi connectivity index (χ2v) is 8.74. The van der Waals surface area contributed by atoms with Gasteiger partial charge in [-0.1, -0.05) is 53.6 Å². The second kappa shape index (κ2) is 10.6. The van der Waals surface area contributed by atoms with Gasteiger partial charge in [-0.3, -0.25) is 4.79 Å². The van der Waals surface area contributed by atoms with Gasteiger partial charge in [0, 0.05) is 23.8 Å². The molecule has 6 rings (SSSR count). The van der Waals surface area contributed by atoms with Gasteiger partial charge < -0.3 is 23.7 Å². The van der Waals surface area contributed by atoms with E-state index >= 15 is 0 Å². The van der Waals surface area contributed by atoms with Gasteiger partial charge in [-0.2, -0.15) is 4.68 Å². The zero-order chi connectivity index (χ0) is 27.5. The summed E-state index contributed by atoms with van der Waals surface area (Å²) >= 11 is 0. The van der Waals surface area contributed by atoms with Crippen molar-refractivity contribution in [3.8, 4) is 46.0 Å². The minimum atomic E-state index is -0.408. The molecule has 0 radical (unpaired) electrons. The fraction of sp³-hybridized carbons (Fsp3) is 0.0667. The first-order valence-corrected chi connectivity index (χ1v) is 12.3. The average molecular weight is 535 g/mol. The minimum absolute atomic E-state index is 0.0582. The normalized spacial score (nSPS) is 10.9. The molecule has 6 aromatic rings. The van der Waals surface area contributed by atoms with Gasteiger partial charge in [0.15, 0.2) is 16.9 Å². The number of aromatic hydroxyl groups is 1. The summed E-state index contributed by atoms with van der Waals surface area (Å²) in [6.07, 6.45) is 0. The number of aromatic nitrogens is 4. The van der Waals surface area contributed by atoms with Crippen molar-refractivity contribution in [1.29, 1.82) is 0 Å². The highest BCUT2D eigenvalue weighted by molar-refractivity contribution is 5.86. The number of para-hydroxylation sites is 1. The number of ether oxygens (including phenoxy) is 3. The molecule has 198 valence electrons. The van der Waals surface area contributed by atoms with Crippen LogP contribution < -0.4 is 19.6 Å². The summed E-state index contributed by atoms with van der Waals surface area (Å²) in [6, 6.07) is 28.4. The van der Waals surface area contributed by atoms with E-state index in [2.05, 4.69) is 15.5 Å². The number of fused-ring (bicyclic) bond motifs is 1. The quantitative estimate of drug-likeness (QED) is 0.269. The zero-order valence-corrected chi connectivity index (χ0v) is 21.2. The average Bonchev–Trinajstić information content (AvgIpc) is 3.45. The number of phenolic OH excluding ortho intramolecular Hbond substituents is 1. The number of benzene rings is 4. The molecule has 0 atom stereocenters. The molecule has 0 saturated heterocycles. The number of hydrogen-bond donors (Lipinski definition) is 1. The Morgan fingerprint density at radius 2 is 1.68 bits per heavy atom. The molecule has 2 aromatic heterocycles. The van der Waals surface area contributed by atoms with Crippen LogP contribution in [-0.4, -0.2) is 32.4 Å². The standard InChI is InChI=1S/C30H22N4O6/c1-37-25-13-12-20(14-27(25)40-30-31-32-33-34(30)21-10-6-3-7-11-21)26-17-24(36)29-23(35)15-22(16-28(29)39-26)38-18-19-8-4-2-5-9-19/h2-17,35H,18H2,1H3. The molecule has 10 nitrogen and oxygen atoms in total. The molecule has 0 unspecified atom stereocenters. The van der Waals surface area contributed by atoms with E-state index in [1.54, 1.807) is 24.3 Å². The molecule has 0 aliphatic carbocycles. The predicted octanol–water partition coefficient (Wildman–Crippen LogP) is 5.52. The summed E-state index contributed by atoms with van der Waals surface area (Å²) in [4.78, 5) is 13.0. The van der Waals surface area contributed by atoms with Crippen molar-refractivity contribution in [3.63, 3.8) is 0 Å². The highest BCUT2D eigenvalue weighted by Crippen LogP contribution is 2.37. The number of nitrogens with zero attached hydrogens (tertiary/aromatic N) is 4. The van der Waals surface area contributed by atoms with Crippen LogP contribution in [0.1, 0.15) is 5.56 Å². The molecular weight excluding hydrogens is 512 g/mol. The lowest BCUT2D eigenvalue weighted by molar-refractivity contribution is 0.304. The van der Waals surface area contributed by atoms with Crippen LogP contribution in [-0.2, 0) is 6.61 Å². The molecule has 10 heteroatoms. The summed E-state index contributed by atoms with van der Waals surface area (Å²) in [5, 5.41) is 22.4. The van der Waals surface area contributed by atoms with Crippen molar-refractivity contribution in [2.75, 3.05) is 7.11 Å². The molecule has 40 heavy (non-hydrogen) atoms. The molecule has 0 fully saturated rings. The van der Waals surface area contributed by atoms with E-state index in [0.29, 0.717) is 28.5 Å². The predicted molar refractivity (Wildman–Crippen MR) is 146 cm³/mol. The van der Waals surface area contributed by atoms with Gasteiger partial charge in [0.25, 0.3) is 0 Å². The van der Waals surface area contributed by atoms with Crippen LogP contribution in [0.5, 0.6) is 29.0 Å². The van der Waals surface area contributed by atoms with E-state index in [-0.39, 0.29) is 35.1 Å². The Labute approximate surface area is 227 Å². The maximum absolute atomic E-state index is 13.0. The van der Waals surface area contributed by atoms with Crippen LogP contribution in [0.4, 0.5) is 0 Å². The Morgan fingerprint density at radius 1 is 0.900 bits per heavy atom. The second-order valence-electron chi connectivity index (χ2n) is 8.74. The highest BCUT2D eigenvalue weighted by atomic mass is 16.5. The third-order valence-electron chi connectivity index (χ3n) is 6.12. The zero-order valence-electron chi connectivity index (χ0n) is 21.2. The summed E-state index contributed by atoms with van der Waals surface area (Å²) in [5.74, 6) is 1.11. The number of hydrogen-bond acceptors (Lipinski definition) is 9. The van der Waals surface area contributed by atoms with Crippen molar-refractivity contribution < 1.29 is 23.7 Å². The SMILES string of the molecule is COc1ccc(-c2cc(=O)c3c(O)cc(OCc4ccccc4)cc3o2)cc1Oc1nnnn1-c1ccccc1. The molecule has 1 N–H and O–H groups in total. The number of rotatable bonds is 8. The van der Waals surface area contributed by atoms with Crippen molar-refractivity contribution in [1.82, 2.24) is 20.2 Å². The third kappa shape index (κ3) is 4.93. The Kier molecular flexibility index (Phi) is 6.55. The van der Waals surface area contributed by atoms with Crippen LogP contribution in [0.15, 0.2) is 106 Å². The lowest BCUT2D eigenvalue weighted by Gasteiger charge is -2.12. The van der Waals surface area contributed by atoms with E-state index in [1.165, 1.54) is 23.9 Å². The monoisotopic (exact) mass is 534 g/mol. The highest BCUT2D eigenvalue weighted by Gasteiger charge is 2.17. The van der Waals surface area contributed by atoms with Crippen molar-refractivity contribution in [3.05, 3.63) is 113 Å². The molecule has 0 bridgehead atoms. The van der Waals surface area contributed by atoms with Crippen molar-refractivity contribution in [2.24, 2.45) is 0 Å². The summed E-state index contributed by atoms with van der Waals surface area (Å²) in [7, 11) is 1.51. The minimum Gasteiger partial charge on any atom is -0.507 e. The third-order valence-corrected chi connectivity index (χ3v) is 6.12.